The van der Waals surface area contributed by atoms with Gasteiger partial charge in [-0.05, 0) is 29.1 Å². The Morgan fingerprint density at radius 1 is 1.25 bits per heavy atom. The Labute approximate surface area is 132 Å². The van der Waals surface area contributed by atoms with Gasteiger partial charge in [-0.25, -0.2) is 0 Å². The van der Waals surface area contributed by atoms with Crippen molar-refractivity contribution in [1.29, 1.82) is 0 Å². The molecule has 2 rings (SSSR count). The minimum absolute atomic E-state index is 0.0178. The first kappa shape index (κ1) is 15.3. The van der Waals surface area contributed by atoms with Crippen LogP contribution in [0, 0.1) is 0 Å². The summed E-state index contributed by atoms with van der Waals surface area (Å²) in [7, 11) is 0. The van der Waals surface area contributed by atoms with Crippen molar-refractivity contribution in [2.75, 3.05) is 6.54 Å². The summed E-state index contributed by atoms with van der Waals surface area (Å²) < 4.78 is 0. The Morgan fingerprint density at radius 3 is 2.50 bits per heavy atom. The van der Waals surface area contributed by atoms with Crippen LogP contribution < -0.4 is 5.32 Å². The van der Waals surface area contributed by atoms with Gasteiger partial charge in [-0.15, -0.1) is 11.3 Å². The Morgan fingerprint density at radius 2 is 1.95 bits per heavy atom. The molecule has 0 unspecified atom stereocenters. The van der Waals surface area contributed by atoms with Crippen molar-refractivity contribution in [2.24, 2.45) is 0 Å². The van der Waals surface area contributed by atoms with Crippen molar-refractivity contribution in [2.45, 2.75) is 24.6 Å². The summed E-state index contributed by atoms with van der Waals surface area (Å²) in [5.74, 6) is -0.0178. The first-order chi connectivity index (χ1) is 9.53. The monoisotopic (exact) mass is 351 g/mol. The molecule has 20 heavy (non-hydrogen) atoms. The smallest absolute Gasteiger partial charge is 0.251 e. The van der Waals surface area contributed by atoms with Gasteiger partial charge in [0.15, 0.2) is 0 Å². The van der Waals surface area contributed by atoms with E-state index in [-0.39, 0.29) is 11.3 Å². The predicted octanol–water partition coefficient (Wildman–Crippen LogP) is 4.35. The Bertz CT molecular complexity index is 561. The summed E-state index contributed by atoms with van der Waals surface area (Å²) >= 11 is 5.12. The van der Waals surface area contributed by atoms with Crippen molar-refractivity contribution < 1.29 is 4.79 Å². The summed E-state index contributed by atoms with van der Waals surface area (Å²) in [4.78, 5) is 13.4. The topological polar surface area (TPSA) is 29.1 Å². The third-order valence-electron chi connectivity index (χ3n) is 3.25. The lowest BCUT2D eigenvalue weighted by Crippen LogP contribution is -2.36. The zero-order valence-electron chi connectivity index (χ0n) is 11.7. The molecule has 0 saturated heterocycles. The van der Waals surface area contributed by atoms with E-state index in [1.807, 2.05) is 30.3 Å². The highest BCUT2D eigenvalue weighted by Crippen LogP contribution is 2.26. The molecule has 0 saturated carbocycles. The number of benzene rings is 1. The van der Waals surface area contributed by atoms with Crippen LogP contribution in [0.4, 0.5) is 0 Å². The Balaban J connectivity index is 1.98. The van der Waals surface area contributed by atoms with Gasteiger partial charge in [-0.1, -0.05) is 48.0 Å². The zero-order chi connectivity index (χ0) is 14.6. The molecule has 0 aliphatic heterocycles. The predicted molar refractivity (Wildman–Crippen MR) is 88.8 cm³/mol. The maximum absolute atomic E-state index is 12.1. The van der Waals surface area contributed by atoms with Crippen molar-refractivity contribution in [1.82, 2.24) is 5.32 Å². The van der Waals surface area contributed by atoms with Gasteiger partial charge in [-0.3, -0.25) is 4.79 Å². The van der Waals surface area contributed by atoms with Crippen molar-refractivity contribution in [3.63, 3.8) is 0 Å². The molecule has 0 aliphatic rings. The van der Waals surface area contributed by atoms with E-state index >= 15 is 0 Å². The number of halogens is 1. The third-order valence-corrected chi connectivity index (χ3v) is 5.13. The van der Waals surface area contributed by atoms with Crippen LogP contribution in [0.1, 0.15) is 34.6 Å². The van der Waals surface area contributed by atoms with Gasteiger partial charge < -0.3 is 5.32 Å². The molecule has 0 radical (unpaired) electrons. The number of thiophene rings is 1. The largest absolute Gasteiger partial charge is 0.351 e. The fourth-order valence-electron chi connectivity index (χ4n) is 1.90. The standard InChI is InChI=1S/C16H18BrNOS/c1-16(2,14-4-3-9-20-14)11-18-15(19)13-7-5-12(10-17)6-8-13/h3-9H,10-11H2,1-2H3,(H,18,19). The normalized spacial score (nSPS) is 11.3. The molecular weight excluding hydrogens is 334 g/mol. The van der Waals surface area contributed by atoms with E-state index in [4.69, 9.17) is 0 Å². The second-order valence-electron chi connectivity index (χ2n) is 5.37. The number of carbonyl (C=O) groups excluding carboxylic acids is 1. The van der Waals surface area contributed by atoms with Gasteiger partial charge in [0, 0.05) is 27.7 Å². The average Bonchev–Trinajstić information content (AvgIpc) is 3.00. The average molecular weight is 352 g/mol. The molecule has 2 aromatic rings. The number of rotatable bonds is 5. The van der Waals surface area contributed by atoms with Crippen molar-refractivity contribution in [3.8, 4) is 0 Å². The van der Waals surface area contributed by atoms with E-state index in [2.05, 4.69) is 46.5 Å². The maximum atomic E-state index is 12.1. The number of nitrogens with one attached hydrogen (secondary N) is 1. The summed E-state index contributed by atoms with van der Waals surface area (Å²) in [6, 6.07) is 11.8. The minimum atomic E-state index is -0.0420. The number of amides is 1. The van der Waals surface area contributed by atoms with E-state index in [0.717, 1.165) is 5.33 Å². The number of carbonyl (C=O) groups is 1. The molecule has 0 fully saturated rings. The molecule has 1 aromatic heterocycles. The summed E-state index contributed by atoms with van der Waals surface area (Å²) in [6.07, 6.45) is 0. The Kier molecular flexibility index (Phi) is 5.00. The molecule has 0 atom stereocenters. The molecule has 1 amide bonds. The second-order valence-corrected chi connectivity index (χ2v) is 6.88. The summed E-state index contributed by atoms with van der Waals surface area (Å²) in [5, 5.41) is 5.89. The quantitative estimate of drug-likeness (QED) is 0.797. The highest BCUT2D eigenvalue weighted by Gasteiger charge is 2.22. The van der Waals surface area contributed by atoms with E-state index in [9.17, 15) is 4.79 Å². The van der Waals surface area contributed by atoms with Crippen LogP contribution in [0.5, 0.6) is 0 Å². The maximum Gasteiger partial charge on any atom is 0.251 e. The van der Waals surface area contributed by atoms with Gasteiger partial charge in [-0.2, -0.15) is 0 Å². The van der Waals surface area contributed by atoms with Crippen LogP contribution in [-0.4, -0.2) is 12.5 Å². The van der Waals surface area contributed by atoms with Gasteiger partial charge in [0.2, 0.25) is 0 Å². The van der Waals surface area contributed by atoms with Crippen LogP contribution >= 0.6 is 27.3 Å². The lowest BCUT2D eigenvalue weighted by atomic mass is 9.91. The molecule has 106 valence electrons. The van der Waals surface area contributed by atoms with Crippen molar-refractivity contribution >= 4 is 33.2 Å². The highest BCUT2D eigenvalue weighted by atomic mass is 79.9. The van der Waals surface area contributed by atoms with Gasteiger partial charge >= 0.3 is 0 Å². The first-order valence-electron chi connectivity index (χ1n) is 6.50. The fraction of sp³-hybridized carbons (Fsp3) is 0.312. The molecule has 4 heteroatoms. The molecule has 2 nitrogen and oxygen atoms in total. The highest BCUT2D eigenvalue weighted by molar-refractivity contribution is 9.08. The Hall–Kier alpha value is -1.13. The molecule has 1 heterocycles. The van der Waals surface area contributed by atoms with E-state index in [0.29, 0.717) is 12.1 Å². The number of hydrogen-bond donors (Lipinski definition) is 1. The molecule has 0 bridgehead atoms. The fourth-order valence-corrected chi connectivity index (χ4v) is 3.13. The molecular formula is C16H18BrNOS. The van der Waals surface area contributed by atoms with E-state index in [1.54, 1.807) is 11.3 Å². The van der Waals surface area contributed by atoms with Gasteiger partial charge in [0.05, 0.1) is 0 Å². The van der Waals surface area contributed by atoms with Crippen LogP contribution in [0.3, 0.4) is 0 Å². The number of alkyl halides is 1. The lowest BCUT2D eigenvalue weighted by molar-refractivity contribution is 0.0946. The second kappa shape index (κ2) is 6.55. The number of hydrogen-bond acceptors (Lipinski definition) is 2. The van der Waals surface area contributed by atoms with Crippen LogP contribution in [0.2, 0.25) is 0 Å². The summed E-state index contributed by atoms with van der Waals surface area (Å²) in [5.41, 5.74) is 1.83. The minimum Gasteiger partial charge on any atom is -0.351 e. The van der Waals surface area contributed by atoms with Crippen LogP contribution in [0.25, 0.3) is 0 Å². The van der Waals surface area contributed by atoms with E-state index in [1.165, 1.54) is 10.4 Å². The van der Waals surface area contributed by atoms with Gasteiger partial charge in [0.25, 0.3) is 5.91 Å². The zero-order valence-corrected chi connectivity index (χ0v) is 14.1. The van der Waals surface area contributed by atoms with Crippen LogP contribution in [-0.2, 0) is 10.7 Å². The SMILES string of the molecule is CC(C)(CNC(=O)c1ccc(CBr)cc1)c1cccs1. The summed E-state index contributed by atoms with van der Waals surface area (Å²) in [6.45, 7) is 4.92. The molecule has 1 aromatic carbocycles. The molecule has 0 spiro atoms. The van der Waals surface area contributed by atoms with Crippen LogP contribution in [0.15, 0.2) is 41.8 Å². The molecule has 1 N–H and O–H groups in total. The molecule has 0 aliphatic carbocycles. The van der Waals surface area contributed by atoms with E-state index < -0.39 is 0 Å². The first-order valence-corrected chi connectivity index (χ1v) is 8.50. The van der Waals surface area contributed by atoms with Gasteiger partial charge in [0.1, 0.15) is 0 Å². The third kappa shape index (κ3) is 3.70. The van der Waals surface area contributed by atoms with Crippen molar-refractivity contribution in [3.05, 3.63) is 57.8 Å². The lowest BCUT2D eigenvalue weighted by Gasteiger charge is -2.23.